The molecule has 0 bridgehead atoms. The Kier molecular flexibility index (Phi) is 9.71. The molecule has 3 heteroatoms. The summed E-state index contributed by atoms with van der Waals surface area (Å²) in [4.78, 5) is 5.10. The van der Waals surface area contributed by atoms with Gasteiger partial charge in [0.25, 0.3) is 0 Å². The predicted octanol–water partition coefficient (Wildman–Crippen LogP) is 12.7. The lowest BCUT2D eigenvalue weighted by Crippen LogP contribution is -2.32. The van der Waals surface area contributed by atoms with Gasteiger partial charge in [-0.05, 0) is 95.1 Å². The van der Waals surface area contributed by atoms with Crippen LogP contribution in [0.15, 0.2) is 155 Å². The number of rotatable bonds is 3. The third-order valence-electron chi connectivity index (χ3n) is 10.2. The molecule has 260 valence electrons. The minimum atomic E-state index is -0.0291. The standard InChI is InChI=1S/C30H26N2.C16H14O.C3H8/c1-19-13-15-22-23-16-14-21(18-26(23)30(2,3)25(22)17-19)29-31-27-12-8-7-11-24(27)28(32-29)20-9-5-4-6-10-20;1-11-5-3-4-6-14(11)15-10-13-7-8-17-16(13)9-12(15)2;1-3-2/h4-18,27H,1-3H3,(H,31,32);3-10H,1-2H3;3H2,1-2H3. The highest BCUT2D eigenvalue weighted by Crippen LogP contribution is 2.49. The zero-order chi connectivity index (χ0) is 36.4. The number of hydrogen-bond donors (Lipinski definition) is 1. The third kappa shape index (κ3) is 6.60. The molecule has 0 amide bonds. The van der Waals surface area contributed by atoms with Gasteiger partial charge in [0.05, 0.1) is 18.0 Å². The number of benzene rings is 5. The normalized spacial score (nSPS) is 16.1. The van der Waals surface area contributed by atoms with Gasteiger partial charge in [-0.3, -0.25) is 4.99 Å². The Bertz CT molecular complexity index is 2380. The summed E-state index contributed by atoms with van der Waals surface area (Å²) in [6.45, 7) is 15.4. The van der Waals surface area contributed by atoms with Gasteiger partial charge in [-0.15, -0.1) is 0 Å². The van der Waals surface area contributed by atoms with Crippen LogP contribution in [-0.2, 0) is 5.41 Å². The summed E-state index contributed by atoms with van der Waals surface area (Å²) in [5.74, 6) is 0.934. The lowest BCUT2D eigenvalue weighted by Gasteiger charge is -2.28. The zero-order valence-corrected chi connectivity index (χ0v) is 31.4. The van der Waals surface area contributed by atoms with Crippen molar-refractivity contribution in [2.24, 2.45) is 4.99 Å². The van der Waals surface area contributed by atoms with Crippen LogP contribution in [0.5, 0.6) is 0 Å². The Labute approximate surface area is 309 Å². The van der Waals surface area contributed by atoms with Crippen molar-refractivity contribution in [3.8, 4) is 22.3 Å². The van der Waals surface area contributed by atoms with Gasteiger partial charge in [0, 0.05) is 21.9 Å². The van der Waals surface area contributed by atoms with Crippen LogP contribution in [0.25, 0.3) is 38.9 Å². The first-order chi connectivity index (χ1) is 25.2. The number of allylic oxidation sites excluding steroid dienone is 2. The zero-order valence-electron chi connectivity index (χ0n) is 31.4. The van der Waals surface area contributed by atoms with E-state index >= 15 is 0 Å². The second-order valence-corrected chi connectivity index (χ2v) is 14.6. The minimum Gasteiger partial charge on any atom is -0.464 e. The van der Waals surface area contributed by atoms with Gasteiger partial charge in [0.1, 0.15) is 11.4 Å². The van der Waals surface area contributed by atoms with Crippen LogP contribution < -0.4 is 5.32 Å². The molecule has 1 aliphatic heterocycles. The van der Waals surface area contributed by atoms with Crippen molar-refractivity contribution in [1.29, 1.82) is 0 Å². The quantitative estimate of drug-likeness (QED) is 0.202. The number of nitrogens with one attached hydrogen (secondary N) is 1. The van der Waals surface area contributed by atoms with E-state index < -0.39 is 0 Å². The molecule has 1 N–H and O–H groups in total. The Morgan fingerprint density at radius 1 is 0.673 bits per heavy atom. The Hall–Kier alpha value is -5.67. The van der Waals surface area contributed by atoms with Crippen molar-refractivity contribution in [3.63, 3.8) is 0 Å². The van der Waals surface area contributed by atoms with Crippen LogP contribution in [-0.4, -0.2) is 11.9 Å². The molecule has 0 spiro atoms. The number of fused-ring (bicyclic) bond motifs is 5. The predicted molar refractivity (Wildman–Crippen MR) is 221 cm³/mol. The van der Waals surface area contributed by atoms with E-state index in [0.29, 0.717) is 0 Å². The maximum Gasteiger partial charge on any atom is 0.134 e. The fourth-order valence-electron chi connectivity index (χ4n) is 7.50. The monoisotopic (exact) mass is 680 g/mol. The molecule has 52 heavy (non-hydrogen) atoms. The van der Waals surface area contributed by atoms with Gasteiger partial charge in [0.2, 0.25) is 0 Å². The van der Waals surface area contributed by atoms with Gasteiger partial charge in [-0.2, -0.15) is 0 Å². The van der Waals surface area contributed by atoms with E-state index in [0.717, 1.165) is 28.1 Å². The molecule has 1 aromatic heterocycles. The van der Waals surface area contributed by atoms with Crippen LogP contribution in [0.2, 0.25) is 0 Å². The van der Waals surface area contributed by atoms with Crippen molar-refractivity contribution in [2.45, 2.75) is 66.3 Å². The van der Waals surface area contributed by atoms with Crippen molar-refractivity contribution in [2.75, 3.05) is 0 Å². The molecule has 0 saturated carbocycles. The minimum absolute atomic E-state index is 0.0291. The van der Waals surface area contributed by atoms with E-state index in [4.69, 9.17) is 9.41 Å². The summed E-state index contributed by atoms with van der Waals surface area (Å²) in [6, 6.07) is 39.0. The second kappa shape index (κ2) is 14.5. The molecule has 2 aliphatic carbocycles. The Morgan fingerprint density at radius 3 is 2.15 bits per heavy atom. The molecule has 2 heterocycles. The largest absolute Gasteiger partial charge is 0.464 e. The number of aryl methyl sites for hydroxylation is 3. The highest BCUT2D eigenvalue weighted by Gasteiger charge is 2.36. The number of hydrogen-bond acceptors (Lipinski definition) is 3. The average Bonchev–Trinajstić information content (AvgIpc) is 3.70. The smallest absolute Gasteiger partial charge is 0.134 e. The Morgan fingerprint density at radius 2 is 1.38 bits per heavy atom. The first-order valence-corrected chi connectivity index (χ1v) is 18.5. The highest BCUT2D eigenvalue weighted by atomic mass is 16.3. The third-order valence-corrected chi connectivity index (χ3v) is 10.2. The van der Waals surface area contributed by atoms with Crippen LogP contribution in [0.4, 0.5) is 0 Å². The molecule has 1 unspecified atom stereocenters. The van der Waals surface area contributed by atoms with Crippen LogP contribution in [0.1, 0.15) is 73.1 Å². The molecule has 3 aliphatic rings. The lowest BCUT2D eigenvalue weighted by atomic mass is 9.81. The average molecular weight is 681 g/mol. The number of nitrogens with zero attached hydrogens (tertiary/aromatic N) is 1. The van der Waals surface area contributed by atoms with Crippen LogP contribution in [0, 0.1) is 20.8 Å². The fourth-order valence-corrected chi connectivity index (χ4v) is 7.50. The maximum atomic E-state index is 5.42. The summed E-state index contributed by atoms with van der Waals surface area (Å²) >= 11 is 0. The molecule has 5 aromatic carbocycles. The molecule has 6 aromatic rings. The SMILES string of the molecule is CCC.Cc1ccc2c(c1)C(C)(C)c1cc(C3=NC4C=CC=CC4=C(c4ccccc4)N3)ccc1-2.Cc1ccccc1-c1cc2ccoc2cc1C. The summed E-state index contributed by atoms with van der Waals surface area (Å²) in [6.07, 6.45) is 11.5. The first kappa shape index (κ1) is 34.8. The maximum absolute atomic E-state index is 5.42. The van der Waals surface area contributed by atoms with Gasteiger partial charge >= 0.3 is 0 Å². The summed E-state index contributed by atoms with van der Waals surface area (Å²) in [7, 11) is 0. The van der Waals surface area contributed by atoms with E-state index in [1.807, 2.05) is 6.07 Å². The van der Waals surface area contributed by atoms with Crippen molar-refractivity contribution in [1.82, 2.24) is 5.32 Å². The Balaban J connectivity index is 0.000000176. The van der Waals surface area contributed by atoms with Crippen molar-refractivity contribution < 1.29 is 4.42 Å². The van der Waals surface area contributed by atoms with E-state index in [-0.39, 0.29) is 11.5 Å². The lowest BCUT2D eigenvalue weighted by molar-refractivity contribution is 0.615. The summed E-state index contributed by atoms with van der Waals surface area (Å²) < 4.78 is 5.42. The molecule has 1 atom stereocenters. The van der Waals surface area contributed by atoms with E-state index in [9.17, 15) is 0 Å². The van der Waals surface area contributed by atoms with E-state index in [1.165, 1.54) is 67.6 Å². The van der Waals surface area contributed by atoms with Crippen LogP contribution >= 0.6 is 0 Å². The van der Waals surface area contributed by atoms with E-state index in [1.54, 1.807) is 6.26 Å². The van der Waals surface area contributed by atoms with Gasteiger partial charge in [0.15, 0.2) is 0 Å². The van der Waals surface area contributed by atoms with Crippen molar-refractivity contribution in [3.05, 3.63) is 184 Å². The molecule has 0 fully saturated rings. The molecule has 9 rings (SSSR count). The van der Waals surface area contributed by atoms with Crippen LogP contribution in [0.3, 0.4) is 0 Å². The number of amidine groups is 1. The molecule has 0 saturated heterocycles. The van der Waals surface area contributed by atoms with Gasteiger partial charge in [-0.1, -0.05) is 149 Å². The molecular formula is C49H48N2O. The topological polar surface area (TPSA) is 37.5 Å². The first-order valence-electron chi connectivity index (χ1n) is 18.5. The van der Waals surface area contributed by atoms with Crippen molar-refractivity contribution >= 4 is 22.5 Å². The summed E-state index contributed by atoms with van der Waals surface area (Å²) in [5, 5.41) is 4.84. The molecule has 3 nitrogen and oxygen atoms in total. The molecular weight excluding hydrogens is 633 g/mol. The van der Waals surface area contributed by atoms with E-state index in [2.05, 4.69) is 181 Å². The van der Waals surface area contributed by atoms with Gasteiger partial charge in [-0.25, -0.2) is 0 Å². The number of furan rings is 1. The second-order valence-electron chi connectivity index (χ2n) is 14.6. The summed E-state index contributed by atoms with van der Waals surface area (Å²) in [5.41, 5.74) is 17.5. The highest BCUT2D eigenvalue weighted by molar-refractivity contribution is 6.06. The fraction of sp³-hybridized carbons (Fsp3) is 0.204. The number of aliphatic imine (C=N–C) groups is 1. The molecule has 0 radical (unpaired) electrons. The van der Waals surface area contributed by atoms with Gasteiger partial charge < -0.3 is 9.73 Å².